The first-order valence-corrected chi connectivity index (χ1v) is 7.53. The summed E-state index contributed by atoms with van der Waals surface area (Å²) in [5.74, 6) is -0.414. The summed E-state index contributed by atoms with van der Waals surface area (Å²) in [5, 5.41) is 11.7. The van der Waals surface area contributed by atoms with E-state index < -0.39 is 17.3 Å². The molecule has 1 atom stereocenters. The number of halogens is 3. The summed E-state index contributed by atoms with van der Waals surface area (Å²) in [6.07, 6.45) is 3.04. The summed E-state index contributed by atoms with van der Waals surface area (Å²) in [5.41, 5.74) is 1.00. The van der Waals surface area contributed by atoms with E-state index in [1.165, 1.54) is 12.1 Å². The molecule has 3 rings (SSSR count). The molecule has 0 spiro atoms. The third-order valence-electron chi connectivity index (χ3n) is 4.29. The summed E-state index contributed by atoms with van der Waals surface area (Å²) in [4.78, 5) is 4.01. The molecule has 1 aliphatic rings. The van der Waals surface area contributed by atoms with E-state index in [9.17, 15) is 9.50 Å². The lowest BCUT2D eigenvalue weighted by atomic mass is 9.60. The predicted octanol–water partition coefficient (Wildman–Crippen LogP) is 4.68. The van der Waals surface area contributed by atoms with Gasteiger partial charge in [-0.2, -0.15) is 0 Å². The van der Waals surface area contributed by atoms with Crippen LogP contribution in [0.4, 0.5) is 4.39 Å². The molecule has 1 N–H and O–H groups in total. The highest BCUT2D eigenvalue weighted by Gasteiger charge is 2.46. The van der Waals surface area contributed by atoms with Gasteiger partial charge in [0.25, 0.3) is 0 Å². The second-order valence-electron chi connectivity index (χ2n) is 5.44. The first-order valence-electron chi connectivity index (χ1n) is 6.78. The number of rotatable bonds is 3. The molecule has 1 heterocycles. The standard InChI is InChI=1S/C16H14Cl2FNO/c17-12-4-2-10(8-13(12)18)16(6-1-7-16)15(21)14-5-3-11(19)9-20-14/h2-5,8-9,15,21H,1,6-7H2. The zero-order valence-corrected chi connectivity index (χ0v) is 12.7. The normalized spacial score (nSPS) is 18.1. The minimum absolute atomic E-state index is 0.414. The quantitative estimate of drug-likeness (QED) is 0.888. The first kappa shape index (κ1) is 14.8. The molecule has 21 heavy (non-hydrogen) atoms. The van der Waals surface area contributed by atoms with Gasteiger partial charge in [0, 0.05) is 5.41 Å². The lowest BCUT2D eigenvalue weighted by molar-refractivity contribution is 0.0237. The van der Waals surface area contributed by atoms with Crippen molar-refractivity contribution in [2.24, 2.45) is 0 Å². The van der Waals surface area contributed by atoms with Crippen molar-refractivity contribution in [3.8, 4) is 0 Å². The van der Waals surface area contributed by atoms with E-state index in [1.807, 2.05) is 6.07 Å². The van der Waals surface area contributed by atoms with E-state index >= 15 is 0 Å². The number of aromatic nitrogens is 1. The molecule has 0 bridgehead atoms. The fraction of sp³-hybridized carbons (Fsp3) is 0.312. The Bertz CT molecular complexity index is 656. The highest BCUT2D eigenvalue weighted by Crippen LogP contribution is 2.52. The number of hydrogen-bond acceptors (Lipinski definition) is 2. The van der Waals surface area contributed by atoms with Crippen molar-refractivity contribution >= 4 is 23.2 Å². The van der Waals surface area contributed by atoms with Gasteiger partial charge in [-0.1, -0.05) is 35.7 Å². The molecule has 5 heteroatoms. The zero-order chi connectivity index (χ0) is 15.0. The first-order chi connectivity index (χ1) is 10.0. The molecule has 110 valence electrons. The van der Waals surface area contributed by atoms with Crippen molar-refractivity contribution in [2.75, 3.05) is 0 Å². The van der Waals surface area contributed by atoms with Crippen LogP contribution in [0.25, 0.3) is 0 Å². The molecular weight excluding hydrogens is 312 g/mol. The highest BCUT2D eigenvalue weighted by molar-refractivity contribution is 6.42. The van der Waals surface area contributed by atoms with Crippen molar-refractivity contribution < 1.29 is 9.50 Å². The summed E-state index contributed by atoms with van der Waals surface area (Å²) < 4.78 is 13.0. The Hall–Kier alpha value is -1.16. The molecule has 1 aromatic heterocycles. The third-order valence-corrected chi connectivity index (χ3v) is 5.03. The molecule has 1 aliphatic carbocycles. The Morgan fingerprint density at radius 3 is 2.43 bits per heavy atom. The van der Waals surface area contributed by atoms with Crippen LogP contribution < -0.4 is 0 Å². The van der Waals surface area contributed by atoms with Gasteiger partial charge in [0.1, 0.15) is 11.9 Å². The average molecular weight is 326 g/mol. The van der Waals surface area contributed by atoms with E-state index in [0.717, 1.165) is 31.0 Å². The Balaban J connectivity index is 1.99. The number of hydrogen-bond donors (Lipinski definition) is 1. The van der Waals surface area contributed by atoms with Crippen LogP contribution in [0.15, 0.2) is 36.5 Å². The average Bonchev–Trinajstić information content (AvgIpc) is 2.42. The molecule has 1 unspecified atom stereocenters. The van der Waals surface area contributed by atoms with Gasteiger partial charge in [0.15, 0.2) is 0 Å². The van der Waals surface area contributed by atoms with Gasteiger partial charge in [-0.05, 0) is 42.7 Å². The third kappa shape index (κ3) is 2.54. The molecule has 2 nitrogen and oxygen atoms in total. The molecule has 0 radical (unpaired) electrons. The zero-order valence-electron chi connectivity index (χ0n) is 11.2. The predicted molar refractivity (Wildman–Crippen MR) is 81.1 cm³/mol. The van der Waals surface area contributed by atoms with Gasteiger partial charge in [0.2, 0.25) is 0 Å². The molecule has 2 aromatic rings. The van der Waals surface area contributed by atoms with Crippen LogP contribution in [0.2, 0.25) is 10.0 Å². The number of benzene rings is 1. The monoisotopic (exact) mass is 325 g/mol. The van der Waals surface area contributed by atoms with Gasteiger partial charge in [-0.3, -0.25) is 4.98 Å². The van der Waals surface area contributed by atoms with Crippen LogP contribution in [-0.4, -0.2) is 10.1 Å². The van der Waals surface area contributed by atoms with Crippen LogP contribution in [-0.2, 0) is 5.41 Å². The Morgan fingerprint density at radius 2 is 1.90 bits per heavy atom. The second-order valence-corrected chi connectivity index (χ2v) is 6.26. The van der Waals surface area contributed by atoms with Gasteiger partial charge >= 0.3 is 0 Å². The van der Waals surface area contributed by atoms with Crippen molar-refractivity contribution in [1.29, 1.82) is 0 Å². The SMILES string of the molecule is OC(c1ccc(F)cn1)C1(c2ccc(Cl)c(Cl)c2)CCC1. The number of nitrogens with zero attached hydrogens (tertiary/aromatic N) is 1. The van der Waals surface area contributed by atoms with Gasteiger partial charge in [0.05, 0.1) is 21.9 Å². The number of aliphatic hydroxyl groups is 1. The van der Waals surface area contributed by atoms with Gasteiger partial charge in [-0.25, -0.2) is 4.39 Å². The minimum Gasteiger partial charge on any atom is -0.386 e. The Morgan fingerprint density at radius 1 is 1.14 bits per heavy atom. The van der Waals surface area contributed by atoms with E-state index in [2.05, 4.69) is 4.98 Å². The molecule has 1 fully saturated rings. The lowest BCUT2D eigenvalue weighted by Gasteiger charge is -2.46. The second kappa shape index (κ2) is 5.56. The molecule has 0 amide bonds. The number of aliphatic hydroxyl groups excluding tert-OH is 1. The molecule has 1 aromatic carbocycles. The van der Waals surface area contributed by atoms with Crippen molar-refractivity contribution in [3.05, 3.63) is 63.6 Å². The van der Waals surface area contributed by atoms with Gasteiger partial charge < -0.3 is 5.11 Å². The molecule has 1 saturated carbocycles. The van der Waals surface area contributed by atoms with Crippen molar-refractivity contribution in [3.63, 3.8) is 0 Å². The van der Waals surface area contributed by atoms with E-state index in [0.29, 0.717) is 15.7 Å². The summed E-state index contributed by atoms with van der Waals surface area (Å²) in [7, 11) is 0. The number of pyridine rings is 1. The molecular formula is C16H14Cl2FNO. The maximum absolute atomic E-state index is 13.0. The van der Waals surface area contributed by atoms with Crippen LogP contribution in [0.5, 0.6) is 0 Å². The van der Waals surface area contributed by atoms with Crippen LogP contribution in [0.3, 0.4) is 0 Å². The van der Waals surface area contributed by atoms with E-state index in [4.69, 9.17) is 23.2 Å². The Kier molecular flexibility index (Phi) is 3.91. The largest absolute Gasteiger partial charge is 0.386 e. The highest BCUT2D eigenvalue weighted by atomic mass is 35.5. The molecule has 0 saturated heterocycles. The maximum Gasteiger partial charge on any atom is 0.141 e. The fourth-order valence-corrected chi connectivity index (χ4v) is 3.21. The van der Waals surface area contributed by atoms with Crippen LogP contribution in [0.1, 0.15) is 36.6 Å². The van der Waals surface area contributed by atoms with Crippen molar-refractivity contribution in [2.45, 2.75) is 30.8 Å². The van der Waals surface area contributed by atoms with E-state index in [1.54, 1.807) is 12.1 Å². The topological polar surface area (TPSA) is 33.1 Å². The smallest absolute Gasteiger partial charge is 0.141 e. The summed E-state index contributed by atoms with van der Waals surface area (Å²) >= 11 is 12.1. The molecule has 0 aliphatic heterocycles. The van der Waals surface area contributed by atoms with Crippen LogP contribution >= 0.6 is 23.2 Å². The summed E-state index contributed by atoms with van der Waals surface area (Å²) in [6.45, 7) is 0. The fourth-order valence-electron chi connectivity index (χ4n) is 2.92. The van der Waals surface area contributed by atoms with E-state index in [-0.39, 0.29) is 0 Å². The Labute approximate surface area is 132 Å². The van der Waals surface area contributed by atoms with Gasteiger partial charge in [-0.15, -0.1) is 0 Å². The van der Waals surface area contributed by atoms with Crippen LogP contribution in [0, 0.1) is 5.82 Å². The summed E-state index contributed by atoms with van der Waals surface area (Å²) in [6, 6.07) is 8.27. The lowest BCUT2D eigenvalue weighted by Crippen LogP contribution is -2.40. The minimum atomic E-state index is -0.788. The maximum atomic E-state index is 13.0. The van der Waals surface area contributed by atoms with Crippen molar-refractivity contribution in [1.82, 2.24) is 4.98 Å².